The van der Waals surface area contributed by atoms with Crippen LogP contribution in [0, 0.1) is 11.3 Å². The monoisotopic (exact) mass is 239 g/mol. The quantitative estimate of drug-likeness (QED) is 0.594. The minimum absolute atomic E-state index is 0.170. The van der Waals surface area contributed by atoms with Gasteiger partial charge in [-0.3, -0.25) is 0 Å². The number of ether oxygens (including phenoxy) is 2. The van der Waals surface area contributed by atoms with E-state index in [0.29, 0.717) is 17.9 Å². The second-order valence-electron chi connectivity index (χ2n) is 3.74. The smallest absolute Gasteiger partial charge is 0.189 e. The fourth-order valence-corrected chi connectivity index (χ4v) is 1.50. The van der Waals surface area contributed by atoms with Gasteiger partial charge in [0.05, 0.1) is 18.2 Å². The lowest BCUT2D eigenvalue weighted by Crippen LogP contribution is -2.02. The molecule has 2 aromatic carbocycles. The third kappa shape index (κ3) is 3.62. The molecule has 0 saturated heterocycles. The summed E-state index contributed by atoms with van der Waals surface area (Å²) in [5.41, 5.74) is 1.68. The number of nitrogens with zero attached hydrogens (tertiary/aromatic N) is 1. The van der Waals surface area contributed by atoms with Crippen LogP contribution >= 0.6 is 0 Å². The van der Waals surface area contributed by atoms with Crippen molar-refractivity contribution >= 4 is 0 Å². The van der Waals surface area contributed by atoms with Crippen LogP contribution in [-0.4, -0.2) is 6.79 Å². The van der Waals surface area contributed by atoms with Crippen molar-refractivity contribution in [3.63, 3.8) is 0 Å². The fraction of sp³-hybridized carbons (Fsp3) is 0.133. The van der Waals surface area contributed by atoms with Crippen molar-refractivity contribution in [3.05, 3.63) is 65.7 Å². The van der Waals surface area contributed by atoms with Gasteiger partial charge in [-0.2, -0.15) is 5.26 Å². The highest BCUT2D eigenvalue weighted by Gasteiger charge is 1.96. The van der Waals surface area contributed by atoms with Crippen molar-refractivity contribution in [1.82, 2.24) is 0 Å². The largest absolute Gasteiger partial charge is 0.467 e. The standard InChI is InChI=1S/C15H13NO2/c16-10-14-7-4-8-15(9-14)18-12-17-11-13-5-2-1-3-6-13/h1-9H,11-12H2. The molecule has 0 aliphatic heterocycles. The van der Waals surface area contributed by atoms with Crippen molar-refractivity contribution in [2.75, 3.05) is 6.79 Å². The van der Waals surface area contributed by atoms with Crippen LogP contribution < -0.4 is 4.74 Å². The van der Waals surface area contributed by atoms with Crippen LogP contribution in [0.2, 0.25) is 0 Å². The van der Waals surface area contributed by atoms with Crippen molar-refractivity contribution in [2.45, 2.75) is 6.61 Å². The molecule has 0 saturated carbocycles. The Hall–Kier alpha value is -2.31. The number of benzene rings is 2. The normalized spacial score (nSPS) is 9.72. The van der Waals surface area contributed by atoms with Gasteiger partial charge >= 0.3 is 0 Å². The van der Waals surface area contributed by atoms with Crippen molar-refractivity contribution < 1.29 is 9.47 Å². The van der Waals surface area contributed by atoms with Gasteiger partial charge in [0.15, 0.2) is 6.79 Å². The summed E-state index contributed by atoms with van der Waals surface area (Å²) in [6, 6.07) is 19.0. The van der Waals surface area contributed by atoms with E-state index in [9.17, 15) is 0 Å². The number of hydrogen-bond donors (Lipinski definition) is 0. The van der Waals surface area contributed by atoms with E-state index < -0.39 is 0 Å². The minimum atomic E-state index is 0.170. The van der Waals surface area contributed by atoms with Gasteiger partial charge in [0.1, 0.15) is 5.75 Å². The van der Waals surface area contributed by atoms with E-state index in [1.54, 1.807) is 24.3 Å². The zero-order valence-corrected chi connectivity index (χ0v) is 9.87. The number of rotatable bonds is 5. The highest BCUT2D eigenvalue weighted by atomic mass is 16.7. The van der Waals surface area contributed by atoms with E-state index >= 15 is 0 Å². The summed E-state index contributed by atoms with van der Waals surface area (Å²) in [5.74, 6) is 0.641. The van der Waals surface area contributed by atoms with E-state index in [1.165, 1.54) is 0 Å². The van der Waals surface area contributed by atoms with Crippen LogP contribution in [0.4, 0.5) is 0 Å². The molecule has 3 heteroatoms. The van der Waals surface area contributed by atoms with Crippen molar-refractivity contribution in [1.29, 1.82) is 5.26 Å². The molecule has 2 aromatic rings. The highest BCUT2D eigenvalue weighted by molar-refractivity contribution is 5.36. The fourth-order valence-electron chi connectivity index (χ4n) is 1.50. The Bertz CT molecular complexity index is 532. The molecule has 3 nitrogen and oxygen atoms in total. The maximum Gasteiger partial charge on any atom is 0.189 e. The van der Waals surface area contributed by atoms with Gasteiger partial charge in [0.25, 0.3) is 0 Å². The predicted molar refractivity (Wildman–Crippen MR) is 67.9 cm³/mol. The molecule has 0 aromatic heterocycles. The van der Waals surface area contributed by atoms with Crippen molar-refractivity contribution in [3.8, 4) is 11.8 Å². The molecular formula is C15H13NO2. The highest BCUT2D eigenvalue weighted by Crippen LogP contribution is 2.12. The molecular weight excluding hydrogens is 226 g/mol. The number of nitriles is 1. The third-order valence-electron chi connectivity index (χ3n) is 2.38. The predicted octanol–water partition coefficient (Wildman–Crippen LogP) is 3.11. The molecule has 18 heavy (non-hydrogen) atoms. The molecule has 0 aliphatic carbocycles. The Labute approximate surface area is 106 Å². The van der Waals surface area contributed by atoms with Crippen molar-refractivity contribution in [2.24, 2.45) is 0 Å². The van der Waals surface area contributed by atoms with Crippen LogP contribution in [0.5, 0.6) is 5.75 Å². The summed E-state index contributed by atoms with van der Waals surface area (Å²) in [4.78, 5) is 0. The van der Waals surface area contributed by atoms with Crippen LogP contribution in [0.3, 0.4) is 0 Å². The lowest BCUT2D eigenvalue weighted by atomic mass is 10.2. The Morgan fingerprint density at radius 2 is 1.83 bits per heavy atom. The van der Waals surface area contributed by atoms with Gasteiger partial charge in [-0.05, 0) is 23.8 Å². The van der Waals surface area contributed by atoms with E-state index in [1.807, 2.05) is 30.3 Å². The minimum Gasteiger partial charge on any atom is -0.467 e. The topological polar surface area (TPSA) is 42.2 Å². The molecule has 0 atom stereocenters. The molecule has 0 amide bonds. The van der Waals surface area contributed by atoms with Gasteiger partial charge in [-0.15, -0.1) is 0 Å². The van der Waals surface area contributed by atoms with Crippen LogP contribution in [0.25, 0.3) is 0 Å². The molecule has 0 aliphatic rings. The second-order valence-corrected chi connectivity index (χ2v) is 3.74. The molecule has 2 rings (SSSR count). The Balaban J connectivity index is 1.77. The van der Waals surface area contributed by atoms with E-state index in [2.05, 4.69) is 6.07 Å². The summed E-state index contributed by atoms with van der Waals surface area (Å²) in [5, 5.41) is 8.75. The lowest BCUT2D eigenvalue weighted by molar-refractivity contribution is 0.00504. The molecule has 0 radical (unpaired) electrons. The third-order valence-corrected chi connectivity index (χ3v) is 2.38. The van der Waals surface area contributed by atoms with Gasteiger partial charge < -0.3 is 9.47 Å². The number of hydrogen-bond acceptors (Lipinski definition) is 3. The van der Waals surface area contributed by atoms with Gasteiger partial charge in [-0.1, -0.05) is 36.4 Å². The van der Waals surface area contributed by atoms with Crippen LogP contribution in [-0.2, 0) is 11.3 Å². The molecule has 0 N–H and O–H groups in total. The average molecular weight is 239 g/mol. The first-order valence-electron chi connectivity index (χ1n) is 5.63. The first-order valence-corrected chi connectivity index (χ1v) is 5.63. The summed E-state index contributed by atoms with van der Waals surface area (Å²) in [6.45, 7) is 0.683. The summed E-state index contributed by atoms with van der Waals surface area (Å²) in [6.07, 6.45) is 0. The molecule has 0 spiro atoms. The van der Waals surface area contributed by atoms with Gasteiger partial charge in [0, 0.05) is 0 Å². The van der Waals surface area contributed by atoms with E-state index in [0.717, 1.165) is 5.56 Å². The first kappa shape index (κ1) is 12.2. The zero-order chi connectivity index (χ0) is 12.6. The molecule has 90 valence electrons. The van der Waals surface area contributed by atoms with Gasteiger partial charge in [0.2, 0.25) is 0 Å². The zero-order valence-electron chi connectivity index (χ0n) is 9.87. The van der Waals surface area contributed by atoms with Crippen LogP contribution in [0.15, 0.2) is 54.6 Å². The Morgan fingerprint density at radius 1 is 1.00 bits per heavy atom. The summed E-state index contributed by atoms with van der Waals surface area (Å²) < 4.78 is 10.8. The van der Waals surface area contributed by atoms with Gasteiger partial charge in [-0.25, -0.2) is 0 Å². The molecule has 0 fully saturated rings. The van der Waals surface area contributed by atoms with E-state index in [4.69, 9.17) is 14.7 Å². The molecule has 0 unspecified atom stereocenters. The molecule has 0 heterocycles. The first-order chi connectivity index (χ1) is 8.88. The molecule has 0 bridgehead atoms. The lowest BCUT2D eigenvalue weighted by Gasteiger charge is -2.07. The summed E-state index contributed by atoms with van der Waals surface area (Å²) in [7, 11) is 0. The summed E-state index contributed by atoms with van der Waals surface area (Å²) >= 11 is 0. The second kappa shape index (κ2) is 6.43. The maximum atomic E-state index is 8.75. The van der Waals surface area contributed by atoms with E-state index in [-0.39, 0.29) is 6.79 Å². The SMILES string of the molecule is N#Cc1cccc(OCOCc2ccccc2)c1. The van der Waals surface area contributed by atoms with Crippen LogP contribution in [0.1, 0.15) is 11.1 Å². The average Bonchev–Trinajstić information content (AvgIpc) is 2.45. The maximum absolute atomic E-state index is 8.75. The Morgan fingerprint density at radius 3 is 2.61 bits per heavy atom. The Kier molecular flexibility index (Phi) is 4.34.